The van der Waals surface area contributed by atoms with Gasteiger partial charge in [-0.15, -0.1) is 0 Å². The van der Waals surface area contributed by atoms with Crippen molar-refractivity contribution >= 4 is 23.4 Å². The molecule has 0 bridgehead atoms. The Hall–Kier alpha value is -2.33. The van der Waals surface area contributed by atoms with Crippen LogP contribution in [0, 0.1) is 5.92 Å². The molecule has 26 heavy (non-hydrogen) atoms. The summed E-state index contributed by atoms with van der Waals surface area (Å²) in [6.07, 6.45) is 2.67. The number of amides is 2. The van der Waals surface area contributed by atoms with Crippen molar-refractivity contribution in [3.63, 3.8) is 0 Å². The quantitative estimate of drug-likeness (QED) is 0.898. The van der Waals surface area contributed by atoms with E-state index in [9.17, 15) is 9.59 Å². The maximum absolute atomic E-state index is 13.0. The first-order valence-electron chi connectivity index (χ1n) is 9.04. The lowest BCUT2D eigenvalue weighted by atomic mass is 9.91. The molecule has 1 atom stereocenters. The first-order valence-corrected chi connectivity index (χ1v) is 9.42. The minimum absolute atomic E-state index is 0.100. The number of carbonyl (C=O) groups is 2. The molecule has 134 valence electrons. The molecule has 0 saturated heterocycles. The van der Waals surface area contributed by atoms with Gasteiger partial charge in [-0.3, -0.25) is 9.59 Å². The van der Waals surface area contributed by atoms with Crippen molar-refractivity contribution in [2.45, 2.75) is 31.8 Å². The van der Waals surface area contributed by atoms with Gasteiger partial charge in [0.1, 0.15) is 6.04 Å². The van der Waals surface area contributed by atoms with Crippen LogP contribution in [-0.2, 0) is 22.6 Å². The van der Waals surface area contributed by atoms with Gasteiger partial charge in [0.25, 0.3) is 0 Å². The Morgan fingerprint density at radius 1 is 1.12 bits per heavy atom. The molecular formula is C21H21ClN2O2. The molecule has 0 spiro atoms. The van der Waals surface area contributed by atoms with Gasteiger partial charge in [-0.05, 0) is 48.1 Å². The zero-order valence-electron chi connectivity index (χ0n) is 14.5. The van der Waals surface area contributed by atoms with Crippen LogP contribution in [-0.4, -0.2) is 23.3 Å². The predicted octanol–water partition coefficient (Wildman–Crippen LogP) is 3.49. The van der Waals surface area contributed by atoms with Crippen molar-refractivity contribution in [2.24, 2.45) is 5.92 Å². The molecule has 1 aliphatic heterocycles. The van der Waals surface area contributed by atoms with Crippen molar-refractivity contribution in [3.8, 4) is 0 Å². The highest BCUT2D eigenvalue weighted by atomic mass is 35.5. The molecule has 1 heterocycles. The lowest BCUT2D eigenvalue weighted by Gasteiger charge is -2.36. The molecule has 5 heteroatoms. The van der Waals surface area contributed by atoms with Crippen LogP contribution in [0.1, 0.15) is 35.6 Å². The number of nitrogens with one attached hydrogen (secondary N) is 1. The number of carbonyl (C=O) groups excluding carboxylic acids is 2. The zero-order valence-corrected chi connectivity index (χ0v) is 15.2. The van der Waals surface area contributed by atoms with E-state index in [0.29, 0.717) is 18.1 Å². The van der Waals surface area contributed by atoms with Crippen LogP contribution in [0.25, 0.3) is 0 Å². The van der Waals surface area contributed by atoms with E-state index in [2.05, 4.69) is 5.32 Å². The highest BCUT2D eigenvalue weighted by molar-refractivity contribution is 6.30. The number of hydrogen-bond acceptors (Lipinski definition) is 2. The predicted molar refractivity (Wildman–Crippen MR) is 101 cm³/mol. The average molecular weight is 369 g/mol. The third kappa shape index (κ3) is 3.47. The van der Waals surface area contributed by atoms with E-state index >= 15 is 0 Å². The number of fused-ring (bicyclic) bond motifs is 1. The summed E-state index contributed by atoms with van der Waals surface area (Å²) < 4.78 is 0. The lowest BCUT2D eigenvalue weighted by molar-refractivity contribution is -0.142. The summed E-state index contributed by atoms with van der Waals surface area (Å²) in [5.74, 6) is 0.0806. The van der Waals surface area contributed by atoms with E-state index in [1.807, 2.05) is 42.5 Å². The van der Waals surface area contributed by atoms with E-state index in [4.69, 9.17) is 11.6 Å². The molecule has 1 fully saturated rings. The molecular weight excluding hydrogens is 348 g/mol. The van der Waals surface area contributed by atoms with Gasteiger partial charge in [0.05, 0.1) is 0 Å². The van der Waals surface area contributed by atoms with Gasteiger partial charge < -0.3 is 10.2 Å². The molecule has 1 aliphatic carbocycles. The monoisotopic (exact) mass is 368 g/mol. The summed E-state index contributed by atoms with van der Waals surface area (Å²) in [6.45, 7) is 0.991. The highest BCUT2D eigenvalue weighted by Gasteiger charge is 2.41. The lowest BCUT2D eigenvalue weighted by Crippen LogP contribution is -2.47. The Balaban J connectivity index is 1.57. The van der Waals surface area contributed by atoms with Crippen molar-refractivity contribution < 1.29 is 9.59 Å². The van der Waals surface area contributed by atoms with Crippen LogP contribution in [0.4, 0.5) is 0 Å². The number of rotatable bonds is 4. The van der Waals surface area contributed by atoms with E-state index in [-0.39, 0.29) is 17.7 Å². The Morgan fingerprint density at radius 3 is 2.69 bits per heavy atom. The fraction of sp³-hybridized carbons (Fsp3) is 0.333. The van der Waals surface area contributed by atoms with E-state index < -0.39 is 6.04 Å². The summed E-state index contributed by atoms with van der Waals surface area (Å²) in [7, 11) is 0. The second-order valence-corrected chi connectivity index (χ2v) is 7.44. The maximum Gasteiger partial charge on any atom is 0.247 e. The Bertz CT molecular complexity index is 847. The number of nitrogens with zero attached hydrogens (tertiary/aromatic N) is 1. The second-order valence-electron chi connectivity index (χ2n) is 7.00. The normalized spacial score (nSPS) is 19.0. The van der Waals surface area contributed by atoms with E-state index in [1.54, 1.807) is 11.0 Å². The number of halogens is 1. The third-order valence-corrected chi connectivity index (χ3v) is 5.33. The van der Waals surface area contributed by atoms with E-state index in [1.165, 1.54) is 0 Å². The molecule has 4 rings (SSSR count). The maximum atomic E-state index is 13.0. The molecule has 0 aromatic heterocycles. The SMILES string of the molecule is O=C(NCc1cccc(Cl)c1)C1c2ccccc2CCN1C(=O)C1CC1. The van der Waals surface area contributed by atoms with Gasteiger partial charge in [-0.2, -0.15) is 0 Å². The molecule has 4 nitrogen and oxygen atoms in total. The third-order valence-electron chi connectivity index (χ3n) is 5.10. The first kappa shape index (κ1) is 17.1. The van der Waals surface area contributed by atoms with Crippen molar-refractivity contribution in [2.75, 3.05) is 6.54 Å². The van der Waals surface area contributed by atoms with Crippen LogP contribution in [0.15, 0.2) is 48.5 Å². The fourth-order valence-electron chi connectivity index (χ4n) is 3.58. The van der Waals surface area contributed by atoms with Gasteiger partial charge in [0.2, 0.25) is 11.8 Å². The van der Waals surface area contributed by atoms with Crippen LogP contribution >= 0.6 is 11.6 Å². The average Bonchev–Trinajstić information content (AvgIpc) is 3.50. The molecule has 0 radical (unpaired) electrons. The molecule has 2 aliphatic rings. The first-order chi connectivity index (χ1) is 12.6. The van der Waals surface area contributed by atoms with Gasteiger partial charge in [0, 0.05) is 24.0 Å². The number of benzene rings is 2. The second kappa shape index (κ2) is 7.12. The molecule has 1 saturated carbocycles. The number of hydrogen-bond donors (Lipinski definition) is 1. The molecule has 2 amide bonds. The Morgan fingerprint density at radius 2 is 1.92 bits per heavy atom. The van der Waals surface area contributed by atoms with Gasteiger partial charge in [-0.25, -0.2) is 0 Å². The Kier molecular flexibility index (Phi) is 4.68. The van der Waals surface area contributed by atoms with Crippen molar-refractivity contribution in [1.82, 2.24) is 10.2 Å². The molecule has 1 N–H and O–H groups in total. The highest BCUT2D eigenvalue weighted by Crippen LogP contribution is 2.37. The zero-order chi connectivity index (χ0) is 18.1. The smallest absolute Gasteiger partial charge is 0.247 e. The van der Waals surface area contributed by atoms with Gasteiger partial charge in [-0.1, -0.05) is 48.0 Å². The summed E-state index contributed by atoms with van der Waals surface area (Å²) in [5, 5.41) is 3.63. The topological polar surface area (TPSA) is 49.4 Å². The van der Waals surface area contributed by atoms with Gasteiger partial charge >= 0.3 is 0 Å². The summed E-state index contributed by atoms with van der Waals surface area (Å²) in [6, 6.07) is 14.8. The minimum atomic E-state index is -0.549. The van der Waals surface area contributed by atoms with Crippen LogP contribution in [0.2, 0.25) is 5.02 Å². The van der Waals surface area contributed by atoms with Crippen LogP contribution in [0.5, 0.6) is 0 Å². The van der Waals surface area contributed by atoms with Crippen LogP contribution in [0.3, 0.4) is 0 Å². The molecule has 1 unspecified atom stereocenters. The van der Waals surface area contributed by atoms with Crippen molar-refractivity contribution in [3.05, 3.63) is 70.2 Å². The minimum Gasteiger partial charge on any atom is -0.350 e. The Labute approximate surface area is 158 Å². The summed E-state index contributed by atoms with van der Waals surface area (Å²) in [5.41, 5.74) is 3.03. The largest absolute Gasteiger partial charge is 0.350 e. The standard InChI is InChI=1S/C21H21ClN2O2/c22-17-6-3-4-14(12-17)13-23-20(25)19-18-7-2-1-5-15(18)10-11-24(19)21(26)16-8-9-16/h1-7,12,16,19H,8-11,13H2,(H,23,25). The fourth-order valence-corrected chi connectivity index (χ4v) is 3.80. The molecule has 2 aromatic carbocycles. The van der Waals surface area contributed by atoms with E-state index in [0.717, 1.165) is 36.0 Å². The van der Waals surface area contributed by atoms with Gasteiger partial charge in [0.15, 0.2) is 0 Å². The summed E-state index contributed by atoms with van der Waals surface area (Å²) in [4.78, 5) is 27.5. The summed E-state index contributed by atoms with van der Waals surface area (Å²) >= 11 is 6.02. The van der Waals surface area contributed by atoms with Crippen LogP contribution < -0.4 is 5.32 Å². The molecule has 2 aromatic rings. The van der Waals surface area contributed by atoms with Crippen molar-refractivity contribution in [1.29, 1.82) is 0 Å².